The number of hydrogen-bond donors (Lipinski definition) is 0. The first-order valence-corrected chi connectivity index (χ1v) is 6.41. The van der Waals surface area contributed by atoms with Gasteiger partial charge >= 0.3 is 0 Å². The minimum absolute atomic E-state index is 0.0480. The van der Waals surface area contributed by atoms with Gasteiger partial charge in [0.1, 0.15) is 11.6 Å². The standard InChI is InChI=1S/C12H14BrFO2/c1-15-11-4-2-8(14)6-10(11)12-5-3-9(7-13)16-12/h2,4,6,9,12H,3,5,7H2,1H3. The SMILES string of the molecule is COc1ccc(F)cc1C1CCC(CBr)O1. The Balaban J connectivity index is 2.22. The zero-order valence-electron chi connectivity index (χ0n) is 9.08. The van der Waals surface area contributed by atoms with Crippen molar-refractivity contribution in [3.05, 3.63) is 29.6 Å². The van der Waals surface area contributed by atoms with E-state index < -0.39 is 0 Å². The molecule has 0 saturated carbocycles. The second-order valence-corrected chi connectivity index (χ2v) is 4.51. The van der Waals surface area contributed by atoms with Crippen LogP contribution in [-0.2, 0) is 4.74 Å². The normalized spacial score (nSPS) is 24.7. The van der Waals surface area contributed by atoms with Gasteiger partial charge in [0.15, 0.2) is 0 Å². The predicted octanol–water partition coefficient (Wildman–Crippen LogP) is 3.45. The van der Waals surface area contributed by atoms with E-state index >= 15 is 0 Å². The Morgan fingerprint density at radius 1 is 1.50 bits per heavy atom. The molecule has 1 aromatic carbocycles. The van der Waals surface area contributed by atoms with Crippen molar-refractivity contribution in [1.82, 2.24) is 0 Å². The largest absolute Gasteiger partial charge is 0.496 e. The molecule has 0 radical (unpaired) electrons. The molecule has 0 aromatic heterocycles. The van der Waals surface area contributed by atoms with Gasteiger partial charge in [0, 0.05) is 10.9 Å². The van der Waals surface area contributed by atoms with Crippen molar-refractivity contribution >= 4 is 15.9 Å². The van der Waals surface area contributed by atoms with Gasteiger partial charge in [-0.2, -0.15) is 0 Å². The fourth-order valence-corrected chi connectivity index (χ4v) is 2.48. The molecule has 0 bridgehead atoms. The van der Waals surface area contributed by atoms with Gasteiger partial charge in [0.2, 0.25) is 0 Å². The van der Waals surface area contributed by atoms with E-state index in [0.29, 0.717) is 5.75 Å². The van der Waals surface area contributed by atoms with E-state index in [1.54, 1.807) is 13.2 Å². The van der Waals surface area contributed by atoms with Crippen molar-refractivity contribution in [2.45, 2.75) is 25.0 Å². The Labute approximate surface area is 103 Å². The Morgan fingerprint density at radius 3 is 2.94 bits per heavy atom. The lowest BCUT2D eigenvalue weighted by Crippen LogP contribution is -2.08. The first-order chi connectivity index (χ1) is 7.74. The third kappa shape index (κ3) is 2.38. The molecule has 1 aliphatic rings. The van der Waals surface area contributed by atoms with Gasteiger partial charge in [-0.05, 0) is 31.0 Å². The van der Waals surface area contributed by atoms with Gasteiger partial charge in [-0.15, -0.1) is 0 Å². The molecule has 2 atom stereocenters. The highest BCUT2D eigenvalue weighted by atomic mass is 79.9. The molecule has 88 valence electrons. The second kappa shape index (κ2) is 5.15. The van der Waals surface area contributed by atoms with Crippen molar-refractivity contribution in [3.63, 3.8) is 0 Å². The van der Waals surface area contributed by atoms with Crippen molar-refractivity contribution in [1.29, 1.82) is 0 Å². The number of hydrogen-bond acceptors (Lipinski definition) is 2. The fraction of sp³-hybridized carbons (Fsp3) is 0.500. The summed E-state index contributed by atoms with van der Waals surface area (Å²) in [6.45, 7) is 0. The van der Waals surface area contributed by atoms with Gasteiger partial charge in [-0.1, -0.05) is 15.9 Å². The molecule has 1 aromatic rings. The number of ether oxygens (including phenoxy) is 2. The maximum Gasteiger partial charge on any atom is 0.124 e. The Bertz CT molecular complexity index is 370. The van der Waals surface area contributed by atoms with Crippen LogP contribution in [-0.4, -0.2) is 18.5 Å². The number of alkyl halides is 1. The molecule has 0 spiro atoms. The molecular formula is C12H14BrFO2. The molecule has 1 aliphatic heterocycles. The highest BCUT2D eigenvalue weighted by Crippen LogP contribution is 2.38. The molecule has 16 heavy (non-hydrogen) atoms. The number of benzene rings is 1. The van der Waals surface area contributed by atoms with E-state index in [1.165, 1.54) is 12.1 Å². The summed E-state index contributed by atoms with van der Waals surface area (Å²) in [5, 5.41) is 0.821. The number of methoxy groups -OCH3 is 1. The Hall–Kier alpha value is -0.610. The first-order valence-electron chi connectivity index (χ1n) is 5.29. The topological polar surface area (TPSA) is 18.5 Å². The smallest absolute Gasteiger partial charge is 0.124 e. The van der Waals surface area contributed by atoms with Crippen LogP contribution in [0, 0.1) is 5.82 Å². The summed E-state index contributed by atoms with van der Waals surface area (Å²) < 4.78 is 24.2. The van der Waals surface area contributed by atoms with E-state index in [4.69, 9.17) is 9.47 Å². The quantitative estimate of drug-likeness (QED) is 0.793. The Kier molecular flexibility index (Phi) is 3.82. The van der Waals surface area contributed by atoms with Crippen LogP contribution in [0.4, 0.5) is 4.39 Å². The molecule has 0 aliphatic carbocycles. The van der Waals surface area contributed by atoms with Gasteiger partial charge in [-0.25, -0.2) is 4.39 Å². The van der Waals surface area contributed by atoms with Crippen LogP contribution in [0.5, 0.6) is 5.75 Å². The van der Waals surface area contributed by atoms with Crippen LogP contribution in [0.15, 0.2) is 18.2 Å². The molecule has 0 amide bonds. The molecule has 0 N–H and O–H groups in total. The molecule has 2 unspecified atom stereocenters. The van der Waals surface area contributed by atoms with E-state index in [2.05, 4.69) is 15.9 Å². The second-order valence-electron chi connectivity index (χ2n) is 3.86. The highest BCUT2D eigenvalue weighted by molar-refractivity contribution is 9.09. The van der Waals surface area contributed by atoms with Crippen LogP contribution >= 0.6 is 15.9 Å². The minimum Gasteiger partial charge on any atom is -0.496 e. The number of rotatable bonds is 3. The van der Waals surface area contributed by atoms with E-state index in [-0.39, 0.29) is 18.0 Å². The lowest BCUT2D eigenvalue weighted by atomic mass is 10.1. The summed E-state index contributed by atoms with van der Waals surface area (Å²) in [6, 6.07) is 4.55. The Morgan fingerprint density at radius 2 is 2.31 bits per heavy atom. The van der Waals surface area contributed by atoms with E-state index in [9.17, 15) is 4.39 Å². The average Bonchev–Trinajstić information content (AvgIpc) is 2.77. The maximum absolute atomic E-state index is 13.2. The maximum atomic E-state index is 13.2. The highest BCUT2D eigenvalue weighted by Gasteiger charge is 2.28. The fourth-order valence-electron chi connectivity index (χ4n) is 2.00. The number of halogens is 2. The molecule has 2 rings (SSSR count). The molecule has 2 nitrogen and oxygen atoms in total. The predicted molar refractivity (Wildman–Crippen MR) is 63.6 cm³/mol. The zero-order valence-corrected chi connectivity index (χ0v) is 10.7. The van der Waals surface area contributed by atoms with Crippen LogP contribution < -0.4 is 4.74 Å². The van der Waals surface area contributed by atoms with Gasteiger partial charge in [-0.3, -0.25) is 0 Å². The van der Waals surface area contributed by atoms with E-state index in [0.717, 1.165) is 23.7 Å². The summed E-state index contributed by atoms with van der Waals surface area (Å²) in [6.07, 6.45) is 2.08. The van der Waals surface area contributed by atoms with Crippen LogP contribution in [0.3, 0.4) is 0 Å². The van der Waals surface area contributed by atoms with Crippen LogP contribution in [0.2, 0.25) is 0 Å². The van der Waals surface area contributed by atoms with Gasteiger partial charge in [0.05, 0.1) is 19.3 Å². The summed E-state index contributed by atoms with van der Waals surface area (Å²) >= 11 is 3.40. The minimum atomic E-state index is -0.248. The summed E-state index contributed by atoms with van der Waals surface area (Å²) in [4.78, 5) is 0. The molecule has 1 saturated heterocycles. The molecular weight excluding hydrogens is 275 g/mol. The zero-order chi connectivity index (χ0) is 11.5. The van der Waals surface area contributed by atoms with Crippen molar-refractivity contribution in [2.75, 3.05) is 12.4 Å². The van der Waals surface area contributed by atoms with Crippen molar-refractivity contribution in [2.24, 2.45) is 0 Å². The lowest BCUT2D eigenvalue weighted by molar-refractivity contribution is 0.0571. The molecule has 1 fully saturated rings. The third-order valence-corrected chi connectivity index (χ3v) is 3.54. The molecule has 1 heterocycles. The summed E-state index contributed by atoms with van der Waals surface area (Å²) in [7, 11) is 1.59. The summed E-state index contributed by atoms with van der Waals surface area (Å²) in [5.41, 5.74) is 0.811. The van der Waals surface area contributed by atoms with Crippen LogP contribution in [0.1, 0.15) is 24.5 Å². The van der Waals surface area contributed by atoms with Gasteiger partial charge < -0.3 is 9.47 Å². The third-order valence-electron chi connectivity index (χ3n) is 2.82. The molecule has 4 heteroatoms. The van der Waals surface area contributed by atoms with Crippen molar-refractivity contribution in [3.8, 4) is 5.75 Å². The lowest BCUT2D eigenvalue weighted by Gasteiger charge is -2.15. The monoisotopic (exact) mass is 288 g/mol. The first kappa shape index (κ1) is 11.9. The summed E-state index contributed by atoms with van der Waals surface area (Å²) in [5.74, 6) is 0.448. The van der Waals surface area contributed by atoms with Crippen molar-refractivity contribution < 1.29 is 13.9 Å². The van der Waals surface area contributed by atoms with Crippen LogP contribution in [0.25, 0.3) is 0 Å². The average molecular weight is 289 g/mol. The van der Waals surface area contributed by atoms with E-state index in [1.807, 2.05) is 0 Å². The van der Waals surface area contributed by atoms with Gasteiger partial charge in [0.25, 0.3) is 0 Å².